The third-order valence-electron chi connectivity index (χ3n) is 7.33. The van der Waals surface area contributed by atoms with Crippen molar-refractivity contribution in [3.05, 3.63) is 75.9 Å². The van der Waals surface area contributed by atoms with Gasteiger partial charge in [0.1, 0.15) is 21.8 Å². The second-order valence-corrected chi connectivity index (χ2v) is 12.7. The van der Waals surface area contributed by atoms with E-state index >= 15 is 0 Å². The number of hydrogen-bond donors (Lipinski definition) is 4. The standard InChI is InChI=1S/C30H20N12O10S2.2Na/c1-13-19(12-31)25-33-27(43)23(29(45)41(25)39-13)37-35-17-8-6-15(20(10-17)53-52-51-47)4-5-16-7-9-18(11-21(16)54(48,49)50)36-38-24-28(44)34-26-22(32-3)14(2)40-42(26)30(24)46;;/h4-11,45-47H,1-2H3,(H,33,43)(H,34,44)(H,48,49,50);;/q;2*+1/p-2/b5-4+,37-35?,38-36?;;. The van der Waals surface area contributed by atoms with Gasteiger partial charge in [-0.25, -0.2) is 18.2 Å². The molecule has 0 aliphatic rings. The van der Waals surface area contributed by atoms with Gasteiger partial charge in [-0.3, -0.25) is 5.04 Å². The summed E-state index contributed by atoms with van der Waals surface area (Å²) in [7, 11) is -5.12. The zero-order valence-corrected chi connectivity index (χ0v) is 34.7. The quantitative estimate of drug-likeness (QED) is 0.0184. The minimum Gasteiger partial charge on any atom is -0.744 e. The van der Waals surface area contributed by atoms with E-state index in [4.69, 9.17) is 6.57 Å². The van der Waals surface area contributed by atoms with E-state index in [2.05, 4.69) is 54.8 Å². The summed E-state index contributed by atoms with van der Waals surface area (Å²) < 4.78 is 43.0. The van der Waals surface area contributed by atoms with Crippen molar-refractivity contribution in [3.63, 3.8) is 0 Å². The van der Waals surface area contributed by atoms with Crippen LogP contribution < -0.4 is 64.4 Å². The maximum absolute atomic E-state index is 12.3. The summed E-state index contributed by atoms with van der Waals surface area (Å²) in [6, 6.07) is 9.49. The Morgan fingerprint density at radius 1 is 0.875 bits per heavy atom. The van der Waals surface area contributed by atoms with E-state index in [1.165, 1.54) is 56.3 Å². The van der Waals surface area contributed by atoms with Crippen LogP contribution >= 0.6 is 12.0 Å². The van der Waals surface area contributed by atoms with E-state index in [0.717, 1.165) is 15.1 Å². The minimum absolute atomic E-state index is 0. The summed E-state index contributed by atoms with van der Waals surface area (Å²) in [4.78, 5) is 10.4. The molecule has 0 saturated heterocycles. The second-order valence-electron chi connectivity index (χ2n) is 10.7. The molecular weight excluding hydrogens is 799 g/mol. The summed E-state index contributed by atoms with van der Waals surface area (Å²) >= 11 is 0.438. The Morgan fingerprint density at radius 2 is 1.41 bits per heavy atom. The number of aromatic hydroxyl groups is 4. The first-order chi connectivity index (χ1) is 25.7. The molecule has 0 aliphatic heterocycles. The molecule has 0 fully saturated rings. The van der Waals surface area contributed by atoms with E-state index < -0.39 is 49.9 Å². The molecule has 6 rings (SSSR count). The molecule has 0 saturated carbocycles. The first kappa shape index (κ1) is 43.7. The number of rotatable bonds is 10. The van der Waals surface area contributed by atoms with Crippen LogP contribution in [0.3, 0.4) is 0 Å². The molecule has 4 aromatic heterocycles. The number of azo groups is 2. The smallest absolute Gasteiger partial charge is 0.744 e. The molecule has 0 atom stereocenters. The zero-order chi connectivity index (χ0) is 38.9. The Morgan fingerprint density at radius 3 is 1.98 bits per heavy atom. The topological polar surface area (TPSA) is 318 Å². The maximum atomic E-state index is 12.3. The van der Waals surface area contributed by atoms with Gasteiger partial charge in [-0.1, -0.05) is 24.3 Å². The van der Waals surface area contributed by atoms with Crippen LogP contribution in [0.1, 0.15) is 28.1 Å². The fourth-order valence-electron chi connectivity index (χ4n) is 4.85. The van der Waals surface area contributed by atoms with E-state index in [1.807, 2.05) is 6.07 Å². The van der Waals surface area contributed by atoms with Crippen molar-refractivity contribution in [2.75, 3.05) is 0 Å². The molecule has 0 radical (unpaired) electrons. The SMILES string of the molecule is [C-]#[N+]c1c(C)nn2c(O)c(N=Nc3ccc(/C=C/c4ccc(N=Nc5c(O)nc6c(C#N)c(C)nn6c5O)cc4SOO[O-])c(S(=O)(=O)[O-])c3)c(O)nc12.[Na+].[Na+]. The normalized spacial score (nSPS) is 11.7. The third kappa shape index (κ3) is 8.66. The summed E-state index contributed by atoms with van der Waals surface area (Å²) in [5, 5.41) is 88.7. The van der Waals surface area contributed by atoms with E-state index in [1.54, 1.807) is 0 Å². The average Bonchev–Trinajstić information content (AvgIpc) is 3.63. The molecule has 26 heteroatoms. The molecule has 0 bridgehead atoms. The molecule has 56 heavy (non-hydrogen) atoms. The number of fused-ring (bicyclic) bond motifs is 2. The molecule has 0 spiro atoms. The van der Waals surface area contributed by atoms with Crippen LogP contribution in [0.2, 0.25) is 0 Å². The Bertz CT molecular complexity index is 2820. The molecule has 0 aliphatic carbocycles. The van der Waals surface area contributed by atoms with Gasteiger partial charge in [0.2, 0.25) is 34.9 Å². The predicted molar refractivity (Wildman–Crippen MR) is 179 cm³/mol. The van der Waals surface area contributed by atoms with Crippen LogP contribution in [-0.2, 0) is 19.5 Å². The number of nitriles is 1. The number of aryl methyl sites for hydroxylation is 2. The third-order valence-corrected chi connectivity index (χ3v) is 8.87. The number of benzene rings is 2. The van der Waals surface area contributed by atoms with Gasteiger partial charge >= 0.3 is 59.1 Å². The Hall–Kier alpha value is -5.06. The minimum atomic E-state index is -5.12. The van der Waals surface area contributed by atoms with E-state index in [9.17, 15) is 43.9 Å². The summed E-state index contributed by atoms with van der Waals surface area (Å²) in [5.74, 6) is -2.91. The van der Waals surface area contributed by atoms with Gasteiger partial charge in [0.15, 0.2) is 11.3 Å². The van der Waals surface area contributed by atoms with Crippen LogP contribution in [0, 0.1) is 31.8 Å². The van der Waals surface area contributed by atoms with Gasteiger partial charge in [-0.2, -0.15) is 44.0 Å². The van der Waals surface area contributed by atoms with Crippen LogP contribution in [0.15, 0.2) is 66.6 Å². The van der Waals surface area contributed by atoms with Crippen molar-refractivity contribution < 1.29 is 107 Å². The predicted octanol–water partition coefficient (Wildman–Crippen LogP) is -1.22. The van der Waals surface area contributed by atoms with Gasteiger partial charge in [-0.05, 0) is 49.2 Å². The van der Waals surface area contributed by atoms with Crippen molar-refractivity contribution in [1.29, 1.82) is 5.26 Å². The molecule has 22 nitrogen and oxygen atoms in total. The number of nitrogens with zero attached hydrogens (tertiary/aromatic N) is 12. The zero-order valence-electron chi connectivity index (χ0n) is 29.0. The number of hydrogen-bond acceptors (Lipinski definition) is 20. The van der Waals surface area contributed by atoms with Crippen molar-refractivity contribution >= 4 is 74.0 Å². The van der Waals surface area contributed by atoms with E-state index in [-0.39, 0.29) is 115 Å². The monoisotopic (exact) mass is 816 g/mol. The van der Waals surface area contributed by atoms with Gasteiger partial charge < -0.3 is 30.2 Å². The fraction of sp³-hybridized carbons (Fsp3) is 0.0667. The largest absolute Gasteiger partial charge is 1.00 e. The first-order valence-corrected chi connectivity index (χ1v) is 16.7. The van der Waals surface area contributed by atoms with Crippen molar-refractivity contribution in [3.8, 4) is 29.6 Å². The molecule has 4 heterocycles. The van der Waals surface area contributed by atoms with Crippen molar-refractivity contribution in [2.45, 2.75) is 23.6 Å². The van der Waals surface area contributed by atoms with Gasteiger partial charge in [-0.15, -0.1) is 10.2 Å². The molecular formula is C30H18N12Na2O10S2. The average molecular weight is 817 g/mol. The van der Waals surface area contributed by atoms with Crippen molar-refractivity contribution in [2.24, 2.45) is 20.5 Å². The Labute approximate surface area is 362 Å². The van der Waals surface area contributed by atoms with Gasteiger partial charge in [0, 0.05) is 4.90 Å². The molecule has 0 unspecified atom stereocenters. The molecule has 0 amide bonds. The van der Waals surface area contributed by atoms with Gasteiger partial charge in [0.05, 0.1) is 46.3 Å². The fourth-order valence-corrected chi connectivity index (χ4v) is 6.04. The van der Waals surface area contributed by atoms with Crippen LogP contribution in [-0.4, -0.2) is 62.6 Å². The van der Waals surface area contributed by atoms with Gasteiger partial charge in [0.25, 0.3) is 5.69 Å². The Kier molecular flexibility index (Phi) is 13.9. The Balaban J connectivity index is 0.00000348. The summed E-state index contributed by atoms with van der Waals surface area (Å²) in [6.07, 6.45) is 2.62. The molecule has 2 aromatic carbocycles. The summed E-state index contributed by atoms with van der Waals surface area (Å²) in [6.45, 7) is 10.3. The van der Waals surface area contributed by atoms with Crippen LogP contribution in [0.25, 0.3) is 28.3 Å². The molecule has 6 aromatic rings. The second kappa shape index (κ2) is 17.8. The van der Waals surface area contributed by atoms with Crippen LogP contribution in [0.4, 0.5) is 28.4 Å². The van der Waals surface area contributed by atoms with E-state index in [0.29, 0.717) is 17.6 Å². The number of aromatic nitrogens is 6. The van der Waals surface area contributed by atoms with Crippen LogP contribution in [0.5, 0.6) is 23.5 Å². The maximum Gasteiger partial charge on any atom is 1.00 e. The summed E-state index contributed by atoms with van der Waals surface area (Å²) in [5.41, 5.74) is -0.659. The van der Waals surface area contributed by atoms with Crippen molar-refractivity contribution in [1.82, 2.24) is 29.2 Å². The first-order valence-electron chi connectivity index (χ1n) is 14.5. The molecule has 272 valence electrons. The molecule has 4 N–H and O–H groups in total.